The van der Waals surface area contributed by atoms with Crippen LogP contribution in [0.25, 0.3) is 0 Å². The van der Waals surface area contributed by atoms with Gasteiger partial charge < -0.3 is 14.8 Å². The molecule has 1 heterocycles. The Morgan fingerprint density at radius 2 is 1.79 bits per heavy atom. The van der Waals surface area contributed by atoms with Crippen LogP contribution in [0.3, 0.4) is 0 Å². The van der Waals surface area contributed by atoms with Gasteiger partial charge in [0.05, 0.1) is 19.3 Å². The number of carbonyl (C=O) groups is 3. The number of anilines is 1. The first kappa shape index (κ1) is 17.7. The van der Waals surface area contributed by atoms with Gasteiger partial charge in [0, 0.05) is 5.56 Å². The normalized spacial score (nSPS) is 10.1. The number of ether oxygens (including phenoxy) is 2. The van der Waals surface area contributed by atoms with Crippen LogP contribution in [0.2, 0.25) is 0 Å². The smallest absolute Gasteiger partial charge is 0.348 e. The molecular weight excluding hydrogens is 330 g/mol. The van der Waals surface area contributed by atoms with Crippen LogP contribution in [0, 0.1) is 6.92 Å². The van der Waals surface area contributed by atoms with Crippen molar-refractivity contribution in [2.75, 3.05) is 19.0 Å². The number of benzene rings is 1. The molecule has 6 nitrogen and oxygen atoms in total. The standard InChI is InChI=1S/C17H17NO5S/c1-4-23-16(20)12-10(2)13(17(21)22-3)24-15(12)18-14(19)11-8-6-5-7-9-11/h5-9H,4H2,1-3H3,(H,18,19). The van der Waals surface area contributed by atoms with Gasteiger partial charge >= 0.3 is 11.9 Å². The second-order valence-electron chi connectivity index (χ2n) is 4.79. The molecule has 2 aromatic rings. The Bertz CT molecular complexity index is 767. The summed E-state index contributed by atoms with van der Waals surface area (Å²) in [5, 5.41) is 2.94. The van der Waals surface area contributed by atoms with Gasteiger partial charge in [-0.3, -0.25) is 4.79 Å². The summed E-state index contributed by atoms with van der Waals surface area (Å²) in [6.07, 6.45) is 0. The Labute approximate surface area is 143 Å². The zero-order valence-electron chi connectivity index (χ0n) is 13.5. The summed E-state index contributed by atoms with van der Waals surface area (Å²) in [7, 11) is 1.26. The third-order valence-corrected chi connectivity index (χ3v) is 4.45. The molecule has 1 aromatic heterocycles. The molecule has 0 saturated heterocycles. The second-order valence-corrected chi connectivity index (χ2v) is 5.81. The fourth-order valence-corrected chi connectivity index (χ4v) is 3.21. The number of hydrogen-bond acceptors (Lipinski definition) is 6. The number of esters is 2. The van der Waals surface area contributed by atoms with Crippen molar-refractivity contribution in [3.05, 3.63) is 51.9 Å². The highest BCUT2D eigenvalue weighted by Gasteiger charge is 2.27. The highest BCUT2D eigenvalue weighted by atomic mass is 32.1. The molecule has 0 aliphatic heterocycles. The van der Waals surface area contributed by atoms with E-state index in [2.05, 4.69) is 5.32 Å². The minimum absolute atomic E-state index is 0.173. The minimum Gasteiger partial charge on any atom is -0.465 e. The van der Waals surface area contributed by atoms with Gasteiger partial charge in [-0.1, -0.05) is 18.2 Å². The average molecular weight is 347 g/mol. The summed E-state index contributed by atoms with van der Waals surface area (Å²) in [5.41, 5.74) is 1.04. The van der Waals surface area contributed by atoms with Crippen LogP contribution < -0.4 is 5.32 Å². The van der Waals surface area contributed by atoms with Crippen molar-refractivity contribution >= 4 is 34.2 Å². The first-order valence-electron chi connectivity index (χ1n) is 7.24. The topological polar surface area (TPSA) is 81.7 Å². The average Bonchev–Trinajstić information content (AvgIpc) is 2.91. The van der Waals surface area contributed by atoms with E-state index in [9.17, 15) is 14.4 Å². The van der Waals surface area contributed by atoms with E-state index in [0.29, 0.717) is 11.1 Å². The second kappa shape index (κ2) is 7.74. The van der Waals surface area contributed by atoms with E-state index in [-0.39, 0.29) is 28.0 Å². The molecule has 0 atom stereocenters. The van der Waals surface area contributed by atoms with Gasteiger partial charge in [0.25, 0.3) is 5.91 Å². The third kappa shape index (κ3) is 3.62. The number of nitrogens with one attached hydrogen (secondary N) is 1. The predicted molar refractivity (Wildman–Crippen MR) is 90.7 cm³/mol. The molecule has 1 aromatic carbocycles. The molecule has 0 unspecified atom stereocenters. The van der Waals surface area contributed by atoms with Gasteiger partial charge in [0.2, 0.25) is 0 Å². The van der Waals surface area contributed by atoms with Crippen LogP contribution in [0.5, 0.6) is 0 Å². The van der Waals surface area contributed by atoms with Crippen molar-refractivity contribution in [2.45, 2.75) is 13.8 Å². The summed E-state index contributed by atoms with van der Waals surface area (Å²) < 4.78 is 9.75. The van der Waals surface area contributed by atoms with Crippen LogP contribution in [0.15, 0.2) is 30.3 Å². The maximum absolute atomic E-state index is 12.3. The number of carbonyl (C=O) groups excluding carboxylic acids is 3. The summed E-state index contributed by atoms with van der Waals surface area (Å²) in [5.74, 6) is -1.54. The SMILES string of the molecule is CCOC(=O)c1c(NC(=O)c2ccccc2)sc(C(=O)OC)c1C. The van der Waals surface area contributed by atoms with Crippen LogP contribution >= 0.6 is 11.3 Å². The fraction of sp³-hybridized carbons (Fsp3) is 0.235. The van der Waals surface area contributed by atoms with Crippen LogP contribution in [0.4, 0.5) is 5.00 Å². The Hall–Kier alpha value is -2.67. The Morgan fingerprint density at radius 3 is 2.38 bits per heavy atom. The van der Waals surface area contributed by atoms with Crippen molar-refractivity contribution < 1.29 is 23.9 Å². The largest absolute Gasteiger partial charge is 0.465 e. The van der Waals surface area contributed by atoms with E-state index >= 15 is 0 Å². The molecule has 0 aliphatic carbocycles. The van der Waals surface area contributed by atoms with E-state index in [0.717, 1.165) is 11.3 Å². The highest BCUT2D eigenvalue weighted by molar-refractivity contribution is 7.18. The molecule has 1 N–H and O–H groups in total. The fourth-order valence-electron chi connectivity index (χ4n) is 2.10. The van der Waals surface area contributed by atoms with Gasteiger partial charge in [-0.25, -0.2) is 9.59 Å². The number of rotatable bonds is 5. The molecule has 126 valence electrons. The summed E-state index contributed by atoms with van der Waals surface area (Å²) in [4.78, 5) is 36.7. The number of thiophene rings is 1. The molecule has 0 radical (unpaired) electrons. The summed E-state index contributed by atoms with van der Waals surface area (Å²) >= 11 is 0.989. The zero-order chi connectivity index (χ0) is 17.7. The van der Waals surface area contributed by atoms with Crippen LogP contribution in [-0.2, 0) is 9.47 Å². The van der Waals surface area contributed by atoms with Gasteiger partial charge in [-0.05, 0) is 31.5 Å². The number of hydrogen-bond donors (Lipinski definition) is 1. The summed E-state index contributed by atoms with van der Waals surface area (Å²) in [6, 6.07) is 8.58. The Balaban J connectivity index is 2.42. The minimum atomic E-state index is -0.593. The van der Waals surface area contributed by atoms with Crippen molar-refractivity contribution in [1.82, 2.24) is 0 Å². The predicted octanol–water partition coefficient (Wildman–Crippen LogP) is 3.27. The molecule has 7 heteroatoms. The quantitative estimate of drug-likeness (QED) is 0.840. The lowest BCUT2D eigenvalue weighted by molar-refractivity contribution is 0.0527. The van der Waals surface area contributed by atoms with Crippen LogP contribution in [0.1, 0.15) is 42.9 Å². The maximum Gasteiger partial charge on any atom is 0.348 e. The molecule has 0 spiro atoms. The Kier molecular flexibility index (Phi) is 5.70. The van der Waals surface area contributed by atoms with Gasteiger partial charge in [-0.2, -0.15) is 0 Å². The van der Waals surface area contributed by atoms with Crippen molar-refractivity contribution in [2.24, 2.45) is 0 Å². The van der Waals surface area contributed by atoms with Crippen molar-refractivity contribution in [3.8, 4) is 0 Å². The summed E-state index contributed by atoms with van der Waals surface area (Å²) in [6.45, 7) is 3.49. The van der Waals surface area contributed by atoms with Crippen molar-refractivity contribution in [3.63, 3.8) is 0 Å². The zero-order valence-corrected chi connectivity index (χ0v) is 14.4. The molecule has 24 heavy (non-hydrogen) atoms. The lowest BCUT2D eigenvalue weighted by Gasteiger charge is -2.07. The monoisotopic (exact) mass is 347 g/mol. The van der Waals surface area contributed by atoms with E-state index in [1.807, 2.05) is 0 Å². The first-order valence-corrected chi connectivity index (χ1v) is 8.06. The van der Waals surface area contributed by atoms with Gasteiger partial charge in [0.1, 0.15) is 9.88 Å². The van der Waals surface area contributed by atoms with E-state index in [1.165, 1.54) is 7.11 Å². The highest BCUT2D eigenvalue weighted by Crippen LogP contribution is 2.34. The molecular formula is C17H17NO5S. The molecule has 0 fully saturated rings. The van der Waals surface area contributed by atoms with E-state index in [1.54, 1.807) is 44.2 Å². The molecule has 0 bridgehead atoms. The lowest BCUT2D eigenvalue weighted by Crippen LogP contribution is -2.14. The van der Waals surface area contributed by atoms with Crippen LogP contribution in [-0.4, -0.2) is 31.6 Å². The lowest BCUT2D eigenvalue weighted by atomic mass is 10.1. The third-order valence-electron chi connectivity index (χ3n) is 3.26. The van der Waals surface area contributed by atoms with Crippen molar-refractivity contribution in [1.29, 1.82) is 0 Å². The molecule has 1 amide bonds. The maximum atomic E-state index is 12.3. The van der Waals surface area contributed by atoms with E-state index in [4.69, 9.17) is 9.47 Å². The molecule has 0 aliphatic rings. The molecule has 2 rings (SSSR count). The van der Waals surface area contributed by atoms with Gasteiger partial charge in [-0.15, -0.1) is 11.3 Å². The van der Waals surface area contributed by atoms with Gasteiger partial charge in [0.15, 0.2) is 0 Å². The Morgan fingerprint density at radius 1 is 1.12 bits per heavy atom. The number of methoxy groups -OCH3 is 1. The molecule has 0 saturated carbocycles. The first-order chi connectivity index (χ1) is 11.5. The number of amides is 1. The van der Waals surface area contributed by atoms with E-state index < -0.39 is 11.9 Å².